The largest absolute Gasteiger partial charge is 0.503 e. The number of nitrogens with one attached hydrogen (secondary N) is 1. The molecule has 4 radical (unpaired) electrons. The van der Waals surface area contributed by atoms with Crippen molar-refractivity contribution in [3.63, 3.8) is 0 Å². The number of nitrogens with zero attached hydrogens (tertiary/aromatic N) is 4. The van der Waals surface area contributed by atoms with E-state index in [-0.39, 0.29) is 18.5 Å². The second-order valence-electron chi connectivity index (χ2n) is 10.5. The number of aliphatic hydroxyl groups excluding tert-OH is 1. The van der Waals surface area contributed by atoms with Gasteiger partial charge >= 0.3 is 0 Å². The van der Waals surface area contributed by atoms with Crippen LogP contribution in [0, 0.1) is 6.92 Å². The maximum atomic E-state index is 13.2. The topological polar surface area (TPSA) is 103 Å². The number of rotatable bonds is 10. The summed E-state index contributed by atoms with van der Waals surface area (Å²) in [5.41, 5.74) is 4.13. The smallest absolute Gasteiger partial charge is 0.259 e. The standard InChI is InChI=1S/C29H35B2N5O3S.CH4O/c1-19-26(17-36(33-19)24-10-7-22(31)8-11-24)28(37)32-23-9-6-20(27(13-23)39-18-30)14-35-15-21(29(2,3)38)12-25(16-35)34(4)40-5;1-2/h6-13,17,25,38H,14-16,18H2,1-5H3,(H,32,37);2H,1H3. The minimum atomic E-state index is -0.916. The van der Waals surface area contributed by atoms with Gasteiger partial charge in [0.05, 0.1) is 28.6 Å². The van der Waals surface area contributed by atoms with E-state index in [1.807, 2.05) is 44.4 Å². The van der Waals surface area contributed by atoms with E-state index in [1.165, 1.54) is 0 Å². The monoisotopic (exact) mass is 587 g/mol. The molecule has 1 aliphatic rings. The summed E-state index contributed by atoms with van der Waals surface area (Å²) in [5.74, 6) is 0.327. The number of aryl methyl sites for hydroxylation is 1. The number of carbonyl (C=O) groups is 1. The molecule has 12 heteroatoms. The molecule has 0 fully saturated rings. The van der Waals surface area contributed by atoms with Crippen molar-refractivity contribution in [1.82, 2.24) is 19.0 Å². The van der Waals surface area contributed by atoms with Crippen molar-refractivity contribution < 1.29 is 19.7 Å². The molecular weight excluding hydrogens is 548 g/mol. The van der Waals surface area contributed by atoms with Gasteiger partial charge < -0.3 is 20.3 Å². The zero-order valence-corrected chi connectivity index (χ0v) is 26.0. The highest BCUT2D eigenvalue weighted by Crippen LogP contribution is 2.30. The average Bonchev–Trinajstić information content (AvgIpc) is 3.36. The lowest BCUT2D eigenvalue weighted by atomic mass is 9.92. The quantitative estimate of drug-likeness (QED) is 0.189. The Labute approximate surface area is 255 Å². The van der Waals surface area contributed by atoms with Gasteiger partial charge in [-0.2, -0.15) is 5.10 Å². The van der Waals surface area contributed by atoms with E-state index >= 15 is 0 Å². The molecule has 42 heavy (non-hydrogen) atoms. The molecule has 220 valence electrons. The number of benzene rings is 2. The lowest BCUT2D eigenvalue weighted by Crippen LogP contribution is -2.46. The number of amides is 1. The predicted octanol–water partition coefficient (Wildman–Crippen LogP) is 2.43. The molecule has 9 nitrogen and oxygen atoms in total. The van der Waals surface area contributed by atoms with Gasteiger partial charge in [-0.25, -0.2) is 8.99 Å². The van der Waals surface area contributed by atoms with Crippen molar-refractivity contribution in [3.8, 4) is 11.4 Å². The van der Waals surface area contributed by atoms with E-state index in [1.54, 1.807) is 47.9 Å². The Morgan fingerprint density at radius 1 is 1.24 bits per heavy atom. The van der Waals surface area contributed by atoms with Crippen molar-refractivity contribution in [1.29, 1.82) is 0 Å². The number of anilines is 1. The molecule has 1 aliphatic heterocycles. The SMILES string of the molecule is CO.[B]COc1cc(NC(=O)c2cn(-c3ccc([B])cc3)nc2C)ccc1CN1CC(C(C)(C)O)=CC(N(C)SC)C1. The summed E-state index contributed by atoms with van der Waals surface area (Å²) >= 11 is 1.66. The Hall–Kier alpha value is -3.02. The fourth-order valence-corrected chi connectivity index (χ4v) is 5.05. The van der Waals surface area contributed by atoms with Crippen molar-refractivity contribution in [3.05, 3.63) is 77.1 Å². The van der Waals surface area contributed by atoms with Crippen LogP contribution in [0.4, 0.5) is 5.69 Å². The number of aliphatic hydroxyl groups is 2. The fourth-order valence-electron chi connectivity index (χ4n) is 4.65. The van der Waals surface area contributed by atoms with Crippen LogP contribution in [0.3, 0.4) is 0 Å². The zero-order chi connectivity index (χ0) is 31.0. The maximum Gasteiger partial charge on any atom is 0.259 e. The van der Waals surface area contributed by atoms with Crippen LogP contribution in [0.1, 0.15) is 35.5 Å². The predicted molar refractivity (Wildman–Crippen MR) is 172 cm³/mol. The molecule has 2 aromatic carbocycles. The Balaban J connectivity index is 0.00000237. The molecule has 1 unspecified atom stereocenters. The lowest BCUT2D eigenvalue weighted by molar-refractivity contribution is 0.0975. The lowest BCUT2D eigenvalue weighted by Gasteiger charge is -2.39. The molecule has 3 N–H and O–H groups in total. The van der Waals surface area contributed by atoms with Gasteiger partial charge in [0.1, 0.15) is 21.4 Å². The van der Waals surface area contributed by atoms with Crippen molar-refractivity contribution in [2.24, 2.45) is 0 Å². The molecule has 0 bridgehead atoms. The summed E-state index contributed by atoms with van der Waals surface area (Å²) in [6.45, 7) is 7.48. The number of aromatic nitrogens is 2. The van der Waals surface area contributed by atoms with E-state index in [0.717, 1.165) is 30.5 Å². The highest BCUT2D eigenvalue weighted by atomic mass is 32.2. The second kappa shape index (κ2) is 14.9. The van der Waals surface area contributed by atoms with Crippen LogP contribution in [0.15, 0.2) is 60.3 Å². The Kier molecular flexibility index (Phi) is 11.9. The van der Waals surface area contributed by atoms with E-state index in [4.69, 9.17) is 25.5 Å². The third-order valence-electron chi connectivity index (χ3n) is 7.03. The van der Waals surface area contributed by atoms with Crippen molar-refractivity contribution >= 4 is 44.7 Å². The first-order valence-electron chi connectivity index (χ1n) is 13.6. The van der Waals surface area contributed by atoms with Crippen LogP contribution in [0.5, 0.6) is 5.75 Å². The van der Waals surface area contributed by atoms with Crippen molar-refractivity contribution in [2.45, 2.75) is 39.0 Å². The van der Waals surface area contributed by atoms with E-state index in [9.17, 15) is 9.90 Å². The number of likely N-dealkylation sites (N-methyl/N-ethyl adjacent to an activating group) is 1. The third-order valence-corrected chi connectivity index (χ3v) is 7.88. The number of ether oxygens (including phenoxy) is 1. The first-order chi connectivity index (χ1) is 20.0. The number of carbonyl (C=O) groups excluding carboxylic acids is 1. The molecule has 1 atom stereocenters. The third kappa shape index (κ3) is 8.52. The number of hydrogen-bond acceptors (Lipinski definition) is 8. The van der Waals surface area contributed by atoms with Gasteiger partial charge in [0, 0.05) is 56.8 Å². The number of hydrogen-bond donors (Lipinski definition) is 3. The van der Waals surface area contributed by atoms with Gasteiger partial charge in [0.15, 0.2) is 0 Å². The van der Waals surface area contributed by atoms with Crippen LogP contribution in [-0.4, -0.2) is 102 Å². The fraction of sp³-hybridized carbons (Fsp3) is 0.400. The van der Waals surface area contributed by atoms with E-state index < -0.39 is 5.60 Å². The van der Waals surface area contributed by atoms with Gasteiger partial charge in [-0.15, -0.1) is 0 Å². The Bertz CT molecular complexity index is 1380. The summed E-state index contributed by atoms with van der Waals surface area (Å²) in [5, 5.41) is 25.2. The van der Waals surface area contributed by atoms with Crippen LogP contribution in [0.25, 0.3) is 5.69 Å². The van der Waals surface area contributed by atoms with E-state index in [0.29, 0.717) is 41.2 Å². The summed E-state index contributed by atoms with van der Waals surface area (Å²) < 4.78 is 9.63. The van der Waals surface area contributed by atoms with Gasteiger partial charge in [0.2, 0.25) is 0 Å². The molecule has 0 saturated heterocycles. The maximum absolute atomic E-state index is 13.2. The molecule has 0 spiro atoms. The first kappa shape index (κ1) is 33.5. The van der Waals surface area contributed by atoms with Crippen LogP contribution in [0.2, 0.25) is 0 Å². The summed E-state index contributed by atoms with van der Waals surface area (Å²) in [6, 6.07) is 13.0. The molecule has 1 amide bonds. The summed E-state index contributed by atoms with van der Waals surface area (Å²) in [6.07, 6.45) is 5.91. The van der Waals surface area contributed by atoms with Gasteiger partial charge in [-0.3, -0.25) is 9.69 Å². The highest BCUT2D eigenvalue weighted by molar-refractivity contribution is 7.96. The van der Waals surface area contributed by atoms with Crippen LogP contribution < -0.4 is 15.5 Å². The molecule has 1 aromatic heterocycles. The van der Waals surface area contributed by atoms with Crippen molar-refractivity contribution in [2.75, 3.05) is 45.3 Å². The zero-order valence-electron chi connectivity index (χ0n) is 25.2. The molecule has 3 aromatic rings. The second-order valence-corrected chi connectivity index (χ2v) is 11.4. The van der Waals surface area contributed by atoms with Gasteiger partial charge in [-0.1, -0.05) is 41.7 Å². The summed E-state index contributed by atoms with van der Waals surface area (Å²) in [7, 11) is 14.6. The summed E-state index contributed by atoms with van der Waals surface area (Å²) in [4.78, 5) is 15.5. The normalized spacial score (nSPS) is 15.5. The van der Waals surface area contributed by atoms with E-state index in [2.05, 4.69) is 32.7 Å². The van der Waals surface area contributed by atoms with Crippen LogP contribution in [-0.2, 0) is 6.54 Å². The minimum absolute atomic E-state index is 0.00449. The molecule has 2 heterocycles. The van der Waals surface area contributed by atoms with Gasteiger partial charge in [-0.05, 0) is 57.8 Å². The molecular formula is C30H39B2N5O4S. The molecule has 4 rings (SSSR count). The average molecular weight is 587 g/mol. The van der Waals surface area contributed by atoms with Gasteiger partial charge in [0.25, 0.3) is 5.91 Å². The highest BCUT2D eigenvalue weighted by Gasteiger charge is 2.30. The first-order valence-corrected chi connectivity index (χ1v) is 14.7. The molecule has 0 aliphatic carbocycles. The Morgan fingerprint density at radius 2 is 1.93 bits per heavy atom. The molecule has 0 saturated carbocycles. The Morgan fingerprint density at radius 3 is 2.55 bits per heavy atom. The van der Waals surface area contributed by atoms with Crippen LogP contribution >= 0.6 is 11.9 Å². The minimum Gasteiger partial charge on any atom is -0.503 e.